The Balaban J connectivity index is 1.90. The molecule has 7 heteroatoms. The van der Waals surface area contributed by atoms with Crippen molar-refractivity contribution in [1.29, 1.82) is 0 Å². The lowest BCUT2D eigenvalue weighted by Crippen LogP contribution is -2.35. The normalized spacial score (nSPS) is 18.3. The van der Waals surface area contributed by atoms with E-state index >= 15 is 0 Å². The number of benzene rings is 1. The van der Waals surface area contributed by atoms with Crippen molar-refractivity contribution in [3.63, 3.8) is 0 Å². The number of amides is 2. The molecular weight excluding hydrogens is 272 g/mol. The highest BCUT2D eigenvalue weighted by Gasteiger charge is 2.23. The van der Waals surface area contributed by atoms with Crippen LogP contribution >= 0.6 is 0 Å². The lowest BCUT2D eigenvalue weighted by atomic mass is 10.1. The number of ether oxygens (including phenoxy) is 1. The molecule has 1 aromatic carbocycles. The number of nitrogens with zero attached hydrogens (tertiary/aromatic N) is 1. The second kappa shape index (κ2) is 6.85. The minimum absolute atomic E-state index is 0.108. The van der Waals surface area contributed by atoms with E-state index in [1.807, 2.05) is 24.3 Å². The Hall–Kier alpha value is -2.41. The van der Waals surface area contributed by atoms with Crippen LogP contribution in [0.3, 0.4) is 0 Å². The summed E-state index contributed by atoms with van der Waals surface area (Å²) in [5.74, 6) is 0.378. The van der Waals surface area contributed by atoms with E-state index in [-0.39, 0.29) is 24.3 Å². The first-order valence-electron chi connectivity index (χ1n) is 6.60. The molecule has 1 fully saturated rings. The van der Waals surface area contributed by atoms with Crippen LogP contribution in [-0.4, -0.2) is 30.7 Å². The van der Waals surface area contributed by atoms with Crippen molar-refractivity contribution < 1.29 is 14.3 Å². The Morgan fingerprint density at radius 2 is 2.33 bits per heavy atom. The van der Waals surface area contributed by atoms with Crippen LogP contribution in [0, 0.1) is 0 Å². The van der Waals surface area contributed by atoms with Gasteiger partial charge in [-0.1, -0.05) is 12.1 Å². The Morgan fingerprint density at radius 1 is 1.52 bits per heavy atom. The standard InChI is InChI=1S/C14H18N4O3/c1-9(10-4-3-5-12(6-10)21-2)15-17-13(19)7-11-8-14(20)18-16-11/h3-6,11,16H,7-8H2,1-2H3,(H,17,19)(H,18,20)/b15-9-. The number of hydrazine groups is 1. The third kappa shape index (κ3) is 4.28. The maximum Gasteiger partial charge on any atom is 0.241 e. The first-order valence-corrected chi connectivity index (χ1v) is 6.60. The number of carbonyl (C=O) groups is 2. The van der Waals surface area contributed by atoms with Crippen LogP contribution in [-0.2, 0) is 9.59 Å². The van der Waals surface area contributed by atoms with Gasteiger partial charge in [-0.15, -0.1) is 0 Å². The molecule has 1 aromatic rings. The molecule has 2 rings (SSSR count). The van der Waals surface area contributed by atoms with E-state index < -0.39 is 0 Å². The van der Waals surface area contributed by atoms with E-state index in [1.54, 1.807) is 14.0 Å². The van der Waals surface area contributed by atoms with Crippen molar-refractivity contribution in [3.8, 4) is 5.75 Å². The van der Waals surface area contributed by atoms with E-state index in [4.69, 9.17) is 4.74 Å². The Kier molecular flexibility index (Phi) is 4.89. The summed E-state index contributed by atoms with van der Waals surface area (Å²) in [6.45, 7) is 1.80. The molecule has 0 spiro atoms. The summed E-state index contributed by atoms with van der Waals surface area (Å²) in [6, 6.07) is 7.23. The van der Waals surface area contributed by atoms with E-state index in [0.29, 0.717) is 12.1 Å². The number of hydrazone groups is 1. The average Bonchev–Trinajstić information content (AvgIpc) is 2.90. The van der Waals surface area contributed by atoms with Gasteiger partial charge in [0.05, 0.1) is 12.8 Å². The third-order valence-corrected chi connectivity index (χ3v) is 3.12. The number of nitrogens with one attached hydrogen (secondary N) is 3. The summed E-state index contributed by atoms with van der Waals surface area (Å²) < 4.78 is 5.14. The molecule has 3 N–H and O–H groups in total. The highest BCUT2D eigenvalue weighted by atomic mass is 16.5. The Labute approximate surface area is 122 Å². The Morgan fingerprint density at radius 3 is 3.00 bits per heavy atom. The van der Waals surface area contributed by atoms with E-state index in [0.717, 1.165) is 11.3 Å². The van der Waals surface area contributed by atoms with Gasteiger partial charge in [-0.25, -0.2) is 10.9 Å². The van der Waals surface area contributed by atoms with Crippen molar-refractivity contribution in [1.82, 2.24) is 16.3 Å². The number of rotatable bonds is 5. The van der Waals surface area contributed by atoms with Gasteiger partial charge in [-0.05, 0) is 19.1 Å². The van der Waals surface area contributed by atoms with E-state index in [9.17, 15) is 9.59 Å². The highest BCUT2D eigenvalue weighted by Crippen LogP contribution is 2.13. The number of methoxy groups -OCH3 is 1. The van der Waals surface area contributed by atoms with Gasteiger partial charge in [0.1, 0.15) is 5.75 Å². The summed E-state index contributed by atoms with van der Waals surface area (Å²) in [5, 5.41) is 4.06. The maximum absolute atomic E-state index is 11.7. The van der Waals surface area contributed by atoms with Crippen LogP contribution in [0.1, 0.15) is 25.3 Å². The molecule has 21 heavy (non-hydrogen) atoms. The zero-order chi connectivity index (χ0) is 15.2. The van der Waals surface area contributed by atoms with Gasteiger partial charge in [-0.3, -0.25) is 15.0 Å². The predicted octanol–water partition coefficient (Wildman–Crippen LogP) is 0.319. The average molecular weight is 290 g/mol. The van der Waals surface area contributed by atoms with Crippen LogP contribution < -0.4 is 21.0 Å². The molecule has 2 amide bonds. The first kappa shape index (κ1) is 15.0. The lowest BCUT2D eigenvalue weighted by Gasteiger charge is -2.07. The van der Waals surface area contributed by atoms with Crippen molar-refractivity contribution in [2.75, 3.05) is 7.11 Å². The summed E-state index contributed by atoms with van der Waals surface area (Å²) in [4.78, 5) is 22.7. The smallest absolute Gasteiger partial charge is 0.241 e. The molecule has 0 aromatic heterocycles. The SMILES string of the molecule is COc1cccc(/C(C)=N\NC(=O)CC2CC(=O)NN2)c1. The first-order chi connectivity index (χ1) is 10.1. The van der Waals surface area contributed by atoms with Crippen LogP contribution in [0.2, 0.25) is 0 Å². The van der Waals surface area contributed by atoms with Crippen LogP contribution in [0.25, 0.3) is 0 Å². The summed E-state index contributed by atoms with van der Waals surface area (Å²) in [7, 11) is 1.59. The van der Waals surface area contributed by atoms with Crippen molar-refractivity contribution in [2.24, 2.45) is 5.10 Å². The third-order valence-electron chi connectivity index (χ3n) is 3.12. The Bertz CT molecular complexity index is 571. The molecule has 0 bridgehead atoms. The number of hydrogen-bond donors (Lipinski definition) is 3. The monoisotopic (exact) mass is 290 g/mol. The van der Waals surface area contributed by atoms with Gasteiger partial charge in [0.15, 0.2) is 0 Å². The van der Waals surface area contributed by atoms with Gasteiger partial charge < -0.3 is 4.74 Å². The van der Waals surface area contributed by atoms with Crippen LogP contribution in [0.5, 0.6) is 5.75 Å². The molecule has 7 nitrogen and oxygen atoms in total. The molecule has 1 saturated heterocycles. The quantitative estimate of drug-likeness (QED) is 0.538. The second-order valence-electron chi connectivity index (χ2n) is 4.76. The summed E-state index contributed by atoms with van der Waals surface area (Å²) in [6.07, 6.45) is 0.486. The fourth-order valence-corrected chi connectivity index (χ4v) is 1.96. The fraction of sp³-hybridized carbons (Fsp3) is 0.357. The molecule has 0 saturated carbocycles. The minimum atomic E-state index is -0.244. The van der Waals surface area contributed by atoms with Gasteiger partial charge in [0.25, 0.3) is 0 Å². The second-order valence-corrected chi connectivity index (χ2v) is 4.76. The highest BCUT2D eigenvalue weighted by molar-refractivity contribution is 5.99. The molecule has 0 radical (unpaired) electrons. The zero-order valence-corrected chi connectivity index (χ0v) is 12.0. The van der Waals surface area contributed by atoms with Crippen molar-refractivity contribution in [3.05, 3.63) is 29.8 Å². The van der Waals surface area contributed by atoms with Crippen LogP contribution in [0.4, 0.5) is 0 Å². The summed E-state index contributed by atoms with van der Waals surface area (Å²) in [5.41, 5.74) is 9.24. The number of hydrogen-bond acceptors (Lipinski definition) is 5. The summed E-state index contributed by atoms with van der Waals surface area (Å²) >= 11 is 0. The van der Waals surface area contributed by atoms with Gasteiger partial charge >= 0.3 is 0 Å². The zero-order valence-electron chi connectivity index (χ0n) is 12.0. The van der Waals surface area contributed by atoms with Crippen molar-refractivity contribution in [2.45, 2.75) is 25.8 Å². The topological polar surface area (TPSA) is 91.8 Å². The number of carbonyl (C=O) groups excluding carboxylic acids is 2. The minimum Gasteiger partial charge on any atom is -0.497 e. The molecule has 1 atom stereocenters. The lowest BCUT2D eigenvalue weighted by molar-refractivity contribution is -0.121. The maximum atomic E-state index is 11.7. The molecule has 1 aliphatic heterocycles. The predicted molar refractivity (Wildman–Crippen MR) is 77.6 cm³/mol. The van der Waals surface area contributed by atoms with Gasteiger partial charge in [0.2, 0.25) is 11.8 Å². The molecule has 1 heterocycles. The van der Waals surface area contributed by atoms with Crippen molar-refractivity contribution >= 4 is 17.5 Å². The van der Waals surface area contributed by atoms with Crippen LogP contribution in [0.15, 0.2) is 29.4 Å². The van der Waals surface area contributed by atoms with Gasteiger partial charge in [0, 0.05) is 24.4 Å². The fourth-order valence-electron chi connectivity index (χ4n) is 1.96. The molecule has 112 valence electrons. The molecule has 1 aliphatic rings. The largest absolute Gasteiger partial charge is 0.497 e. The molecule has 0 aliphatic carbocycles. The molecular formula is C14H18N4O3. The van der Waals surface area contributed by atoms with E-state index in [1.165, 1.54) is 0 Å². The van der Waals surface area contributed by atoms with Gasteiger partial charge in [-0.2, -0.15) is 5.10 Å². The molecule has 1 unspecified atom stereocenters. The van der Waals surface area contributed by atoms with E-state index in [2.05, 4.69) is 21.4 Å².